The molecule has 30 heavy (non-hydrogen) atoms. The lowest BCUT2D eigenvalue weighted by Crippen LogP contribution is -2.24. The molecule has 0 saturated carbocycles. The molecule has 1 amide bonds. The van der Waals surface area contributed by atoms with Crippen molar-refractivity contribution < 1.29 is 23.7 Å². The van der Waals surface area contributed by atoms with Gasteiger partial charge in [0.2, 0.25) is 24.6 Å². The molecule has 2 aliphatic rings. The van der Waals surface area contributed by atoms with E-state index in [-0.39, 0.29) is 25.2 Å². The highest BCUT2D eigenvalue weighted by molar-refractivity contribution is 7.99. The molecular formula is C19H17N5O5S. The normalized spacial score (nSPS) is 13.5. The first kappa shape index (κ1) is 18.6. The topological polar surface area (TPSA) is 110 Å². The number of ether oxygens (including phenoxy) is 4. The predicted octanol–water partition coefficient (Wildman–Crippen LogP) is 1.59. The summed E-state index contributed by atoms with van der Waals surface area (Å²) in [5, 5.41) is 15.2. The van der Waals surface area contributed by atoms with Crippen LogP contribution in [0, 0.1) is 0 Å². The van der Waals surface area contributed by atoms with Crippen LogP contribution < -0.4 is 24.3 Å². The first-order valence-electron chi connectivity index (χ1n) is 9.17. The van der Waals surface area contributed by atoms with E-state index in [0.29, 0.717) is 29.7 Å². The summed E-state index contributed by atoms with van der Waals surface area (Å²) in [7, 11) is 0. The lowest BCUT2D eigenvalue weighted by atomic mass is 10.2. The molecule has 2 aliphatic heterocycles. The van der Waals surface area contributed by atoms with Crippen LogP contribution in [-0.2, 0) is 17.9 Å². The van der Waals surface area contributed by atoms with Crippen LogP contribution in [0.25, 0.3) is 0 Å². The van der Waals surface area contributed by atoms with Crippen LogP contribution in [-0.4, -0.2) is 45.5 Å². The molecule has 1 N–H and O–H groups in total. The van der Waals surface area contributed by atoms with Gasteiger partial charge in [0.15, 0.2) is 23.0 Å². The standard InChI is InChI=1S/C19H17N5O5S/c25-18(20-7-12-1-3-14-16(5-12)28-10-26-14)9-30-19-21-22-23-24(19)8-13-2-4-15-17(6-13)29-11-27-15/h1-6H,7-11H2,(H,20,25). The average Bonchev–Trinajstić information content (AvgIpc) is 3.50. The first-order chi connectivity index (χ1) is 14.7. The highest BCUT2D eigenvalue weighted by atomic mass is 32.2. The van der Waals surface area contributed by atoms with Crippen molar-refractivity contribution in [3.05, 3.63) is 47.5 Å². The summed E-state index contributed by atoms with van der Waals surface area (Å²) in [5.74, 6) is 2.93. The molecule has 0 fully saturated rings. The zero-order chi connectivity index (χ0) is 20.3. The molecule has 3 heterocycles. The minimum atomic E-state index is -0.115. The highest BCUT2D eigenvalue weighted by Gasteiger charge is 2.16. The zero-order valence-electron chi connectivity index (χ0n) is 15.7. The van der Waals surface area contributed by atoms with E-state index in [9.17, 15) is 4.79 Å². The zero-order valence-corrected chi connectivity index (χ0v) is 16.6. The quantitative estimate of drug-likeness (QED) is 0.562. The molecule has 0 atom stereocenters. The number of carbonyl (C=O) groups is 1. The van der Waals surface area contributed by atoms with Gasteiger partial charge in [-0.25, -0.2) is 4.68 Å². The van der Waals surface area contributed by atoms with Gasteiger partial charge < -0.3 is 24.3 Å². The molecule has 5 rings (SSSR count). The van der Waals surface area contributed by atoms with Crippen LogP contribution in [0.1, 0.15) is 11.1 Å². The van der Waals surface area contributed by atoms with E-state index in [1.165, 1.54) is 11.8 Å². The molecular weight excluding hydrogens is 410 g/mol. The third kappa shape index (κ3) is 3.96. The maximum Gasteiger partial charge on any atom is 0.231 e. The number of amides is 1. The van der Waals surface area contributed by atoms with Crippen molar-refractivity contribution in [3.63, 3.8) is 0 Å². The van der Waals surface area contributed by atoms with E-state index in [2.05, 4.69) is 20.8 Å². The summed E-state index contributed by atoms with van der Waals surface area (Å²) in [5.41, 5.74) is 1.91. The van der Waals surface area contributed by atoms with Crippen molar-refractivity contribution in [2.75, 3.05) is 19.3 Å². The van der Waals surface area contributed by atoms with Gasteiger partial charge in [0.1, 0.15) is 0 Å². The molecule has 154 valence electrons. The molecule has 0 spiro atoms. The van der Waals surface area contributed by atoms with Crippen molar-refractivity contribution >= 4 is 17.7 Å². The first-order valence-corrected chi connectivity index (χ1v) is 10.2. The lowest BCUT2D eigenvalue weighted by Gasteiger charge is -2.07. The summed E-state index contributed by atoms with van der Waals surface area (Å²) >= 11 is 1.28. The highest BCUT2D eigenvalue weighted by Crippen LogP contribution is 2.33. The second kappa shape index (κ2) is 8.11. The molecule has 0 bridgehead atoms. The molecule has 3 aromatic rings. The number of hydrogen-bond donors (Lipinski definition) is 1. The monoisotopic (exact) mass is 427 g/mol. The molecule has 10 nitrogen and oxygen atoms in total. The summed E-state index contributed by atoms with van der Waals surface area (Å²) in [6.45, 7) is 1.32. The molecule has 0 unspecified atom stereocenters. The Labute approximate surface area is 175 Å². The number of tetrazole rings is 1. The number of thioether (sulfide) groups is 1. The van der Waals surface area contributed by atoms with Crippen LogP contribution in [0.3, 0.4) is 0 Å². The van der Waals surface area contributed by atoms with Crippen molar-refractivity contribution in [2.45, 2.75) is 18.2 Å². The van der Waals surface area contributed by atoms with Crippen LogP contribution in [0.2, 0.25) is 0 Å². The Balaban J connectivity index is 1.14. The number of rotatable bonds is 7. The fraction of sp³-hybridized carbons (Fsp3) is 0.263. The van der Waals surface area contributed by atoms with Gasteiger partial charge in [-0.2, -0.15) is 0 Å². The fourth-order valence-electron chi connectivity index (χ4n) is 3.04. The molecule has 11 heteroatoms. The van der Waals surface area contributed by atoms with Crippen LogP contribution in [0.15, 0.2) is 41.6 Å². The van der Waals surface area contributed by atoms with Crippen molar-refractivity contribution in [1.82, 2.24) is 25.5 Å². The second-order valence-electron chi connectivity index (χ2n) is 6.56. The van der Waals surface area contributed by atoms with E-state index in [1.807, 2.05) is 36.4 Å². The SMILES string of the molecule is O=C(CSc1nnnn1Cc1ccc2c(c1)OCO2)NCc1ccc2c(c1)OCO2. The van der Waals surface area contributed by atoms with Gasteiger partial charge in [-0.05, 0) is 45.8 Å². The van der Waals surface area contributed by atoms with Crippen LogP contribution >= 0.6 is 11.8 Å². The van der Waals surface area contributed by atoms with Gasteiger partial charge in [0, 0.05) is 6.54 Å². The molecule has 0 radical (unpaired) electrons. The maximum absolute atomic E-state index is 12.2. The number of aromatic nitrogens is 4. The molecule has 2 aromatic carbocycles. The van der Waals surface area contributed by atoms with Gasteiger partial charge in [-0.1, -0.05) is 23.9 Å². The van der Waals surface area contributed by atoms with Gasteiger partial charge in [-0.15, -0.1) is 5.10 Å². The molecule has 0 aliphatic carbocycles. The summed E-state index contributed by atoms with van der Waals surface area (Å²) in [4.78, 5) is 12.2. The third-order valence-corrected chi connectivity index (χ3v) is 5.48. The fourth-order valence-corrected chi connectivity index (χ4v) is 3.75. The third-order valence-electron chi connectivity index (χ3n) is 4.53. The van der Waals surface area contributed by atoms with Gasteiger partial charge in [0.05, 0.1) is 12.3 Å². The van der Waals surface area contributed by atoms with Crippen molar-refractivity contribution in [1.29, 1.82) is 0 Å². The van der Waals surface area contributed by atoms with Gasteiger partial charge in [0.25, 0.3) is 0 Å². The van der Waals surface area contributed by atoms with Crippen LogP contribution in [0.5, 0.6) is 23.0 Å². The number of fused-ring (bicyclic) bond motifs is 2. The lowest BCUT2D eigenvalue weighted by molar-refractivity contribution is -0.118. The smallest absolute Gasteiger partial charge is 0.231 e. The average molecular weight is 427 g/mol. The van der Waals surface area contributed by atoms with Crippen LogP contribution in [0.4, 0.5) is 0 Å². The predicted molar refractivity (Wildman–Crippen MR) is 105 cm³/mol. The number of nitrogens with zero attached hydrogens (tertiary/aromatic N) is 4. The minimum absolute atomic E-state index is 0.115. The maximum atomic E-state index is 12.2. The Morgan fingerprint density at radius 2 is 1.63 bits per heavy atom. The summed E-state index contributed by atoms with van der Waals surface area (Å²) < 4.78 is 23.0. The number of hydrogen-bond acceptors (Lipinski definition) is 9. The number of carbonyl (C=O) groups excluding carboxylic acids is 1. The Morgan fingerprint density at radius 3 is 2.40 bits per heavy atom. The summed E-state index contributed by atoms with van der Waals surface area (Å²) in [6, 6.07) is 11.3. The Hall–Kier alpha value is -3.47. The minimum Gasteiger partial charge on any atom is -0.454 e. The largest absolute Gasteiger partial charge is 0.454 e. The van der Waals surface area contributed by atoms with Gasteiger partial charge in [-0.3, -0.25) is 4.79 Å². The van der Waals surface area contributed by atoms with Crippen molar-refractivity contribution in [3.8, 4) is 23.0 Å². The van der Waals surface area contributed by atoms with Gasteiger partial charge >= 0.3 is 0 Å². The van der Waals surface area contributed by atoms with E-state index >= 15 is 0 Å². The number of benzene rings is 2. The Kier molecular flexibility index (Phi) is 5.01. The van der Waals surface area contributed by atoms with E-state index < -0.39 is 0 Å². The second-order valence-corrected chi connectivity index (χ2v) is 7.50. The van der Waals surface area contributed by atoms with E-state index in [4.69, 9.17) is 18.9 Å². The van der Waals surface area contributed by atoms with E-state index in [0.717, 1.165) is 22.6 Å². The number of nitrogens with one attached hydrogen (secondary N) is 1. The molecule has 1 aromatic heterocycles. The summed E-state index contributed by atoms with van der Waals surface area (Å²) in [6.07, 6.45) is 0. The van der Waals surface area contributed by atoms with Crippen molar-refractivity contribution in [2.24, 2.45) is 0 Å². The molecule has 0 saturated heterocycles. The Bertz CT molecular complexity index is 1090. The Morgan fingerprint density at radius 1 is 0.967 bits per heavy atom. The van der Waals surface area contributed by atoms with E-state index in [1.54, 1.807) is 4.68 Å².